The minimum absolute atomic E-state index is 0.271. The zero-order valence-corrected chi connectivity index (χ0v) is 9.39. The van der Waals surface area contributed by atoms with E-state index in [1.165, 1.54) is 10.9 Å². The molecule has 0 bridgehead atoms. The van der Waals surface area contributed by atoms with E-state index in [0.717, 1.165) is 24.9 Å². The summed E-state index contributed by atoms with van der Waals surface area (Å²) in [5, 5.41) is 10.0. The Balaban J connectivity index is 2.24. The number of nitrogens with two attached hydrogens (primary N) is 1. The zero-order valence-electron chi connectivity index (χ0n) is 9.39. The Kier molecular flexibility index (Phi) is 3.59. The number of hydrogen-bond donors (Lipinski definition) is 2. The SMILES string of the molecule is NCc1ccc2ccn(CCCCO)c2c1. The van der Waals surface area contributed by atoms with Crippen LogP contribution in [0.1, 0.15) is 18.4 Å². The van der Waals surface area contributed by atoms with Crippen molar-refractivity contribution in [3.05, 3.63) is 36.0 Å². The molecule has 1 heterocycles. The van der Waals surface area contributed by atoms with Gasteiger partial charge in [-0.05, 0) is 35.9 Å². The second-order valence-corrected chi connectivity index (χ2v) is 4.04. The van der Waals surface area contributed by atoms with Gasteiger partial charge in [0, 0.05) is 31.4 Å². The second-order valence-electron chi connectivity index (χ2n) is 4.04. The van der Waals surface area contributed by atoms with Gasteiger partial charge in [-0.3, -0.25) is 0 Å². The molecule has 0 aliphatic heterocycles. The molecule has 2 aromatic rings. The van der Waals surface area contributed by atoms with Crippen molar-refractivity contribution in [3.63, 3.8) is 0 Å². The molecule has 0 amide bonds. The molecule has 0 fully saturated rings. The standard InChI is InChI=1S/C13H18N2O/c14-10-11-3-4-12-5-7-15(13(12)9-11)6-1-2-8-16/h3-5,7,9,16H,1-2,6,8,10,14H2. The molecule has 0 spiro atoms. The van der Waals surface area contributed by atoms with Gasteiger partial charge < -0.3 is 15.4 Å². The predicted octanol–water partition coefficient (Wildman–Crippen LogP) is 1.87. The lowest BCUT2D eigenvalue weighted by molar-refractivity contribution is 0.281. The lowest BCUT2D eigenvalue weighted by Gasteiger charge is -2.05. The van der Waals surface area contributed by atoms with Crippen LogP contribution in [0.2, 0.25) is 0 Å². The van der Waals surface area contributed by atoms with Crippen molar-refractivity contribution in [1.29, 1.82) is 0 Å². The van der Waals surface area contributed by atoms with Crippen LogP contribution in [0.5, 0.6) is 0 Å². The molecule has 0 aliphatic rings. The fourth-order valence-corrected chi connectivity index (χ4v) is 1.95. The van der Waals surface area contributed by atoms with E-state index in [9.17, 15) is 0 Å². The maximum absolute atomic E-state index is 8.76. The highest BCUT2D eigenvalue weighted by Crippen LogP contribution is 2.18. The Morgan fingerprint density at radius 1 is 1.19 bits per heavy atom. The van der Waals surface area contributed by atoms with E-state index in [-0.39, 0.29) is 6.61 Å². The minimum Gasteiger partial charge on any atom is -0.396 e. The average molecular weight is 218 g/mol. The first-order chi connectivity index (χ1) is 7.85. The summed E-state index contributed by atoms with van der Waals surface area (Å²) < 4.78 is 2.23. The van der Waals surface area contributed by atoms with Gasteiger partial charge in [0.1, 0.15) is 0 Å². The highest BCUT2D eigenvalue weighted by molar-refractivity contribution is 5.80. The molecule has 86 valence electrons. The molecule has 0 atom stereocenters. The molecule has 1 aromatic carbocycles. The number of aliphatic hydroxyl groups is 1. The molecular weight excluding hydrogens is 200 g/mol. The Morgan fingerprint density at radius 3 is 2.81 bits per heavy atom. The number of hydrogen-bond acceptors (Lipinski definition) is 2. The number of benzene rings is 1. The van der Waals surface area contributed by atoms with Gasteiger partial charge in [0.25, 0.3) is 0 Å². The average Bonchev–Trinajstić information content (AvgIpc) is 2.72. The van der Waals surface area contributed by atoms with Crippen molar-refractivity contribution in [2.75, 3.05) is 6.61 Å². The predicted molar refractivity (Wildman–Crippen MR) is 66.1 cm³/mol. The molecule has 0 unspecified atom stereocenters. The summed E-state index contributed by atoms with van der Waals surface area (Å²) in [6.07, 6.45) is 3.96. The molecule has 0 saturated heterocycles. The first kappa shape index (κ1) is 11.2. The number of aromatic nitrogens is 1. The van der Waals surface area contributed by atoms with Gasteiger partial charge >= 0.3 is 0 Å². The molecule has 2 rings (SSSR count). The first-order valence-electron chi connectivity index (χ1n) is 5.74. The van der Waals surface area contributed by atoms with Gasteiger partial charge in [0.15, 0.2) is 0 Å². The monoisotopic (exact) mass is 218 g/mol. The molecule has 16 heavy (non-hydrogen) atoms. The zero-order chi connectivity index (χ0) is 11.4. The van der Waals surface area contributed by atoms with Crippen LogP contribution in [0.3, 0.4) is 0 Å². The van der Waals surface area contributed by atoms with E-state index in [4.69, 9.17) is 10.8 Å². The number of nitrogens with zero attached hydrogens (tertiary/aromatic N) is 1. The highest BCUT2D eigenvalue weighted by atomic mass is 16.2. The maximum Gasteiger partial charge on any atom is 0.0483 e. The fraction of sp³-hybridized carbons (Fsp3) is 0.385. The summed E-state index contributed by atoms with van der Waals surface area (Å²) in [4.78, 5) is 0. The summed E-state index contributed by atoms with van der Waals surface area (Å²) in [7, 11) is 0. The largest absolute Gasteiger partial charge is 0.396 e. The van der Waals surface area contributed by atoms with Gasteiger partial charge in [0.05, 0.1) is 0 Å². The van der Waals surface area contributed by atoms with Gasteiger partial charge in [-0.25, -0.2) is 0 Å². The summed E-state index contributed by atoms with van der Waals surface area (Å²) in [5.41, 5.74) is 8.04. The van der Waals surface area contributed by atoms with Crippen molar-refractivity contribution in [2.24, 2.45) is 5.73 Å². The smallest absolute Gasteiger partial charge is 0.0483 e. The van der Waals surface area contributed by atoms with Crippen LogP contribution >= 0.6 is 0 Å². The number of rotatable bonds is 5. The first-order valence-corrected chi connectivity index (χ1v) is 5.74. The van der Waals surface area contributed by atoms with Crippen molar-refractivity contribution in [3.8, 4) is 0 Å². The molecule has 0 radical (unpaired) electrons. The third-order valence-corrected chi connectivity index (χ3v) is 2.88. The van der Waals surface area contributed by atoms with E-state index in [1.807, 2.05) is 0 Å². The van der Waals surface area contributed by atoms with E-state index in [1.54, 1.807) is 0 Å². The topological polar surface area (TPSA) is 51.2 Å². The lowest BCUT2D eigenvalue weighted by atomic mass is 10.1. The molecule has 0 saturated carbocycles. The molecule has 3 N–H and O–H groups in total. The summed E-state index contributed by atoms with van der Waals surface area (Å²) in [6.45, 7) is 1.81. The van der Waals surface area contributed by atoms with Crippen LogP contribution in [0.15, 0.2) is 30.5 Å². The van der Waals surface area contributed by atoms with E-state index >= 15 is 0 Å². The molecular formula is C13H18N2O. The van der Waals surface area contributed by atoms with Crippen molar-refractivity contribution in [1.82, 2.24) is 4.57 Å². The fourth-order valence-electron chi connectivity index (χ4n) is 1.95. The van der Waals surface area contributed by atoms with E-state index in [0.29, 0.717) is 6.54 Å². The highest BCUT2D eigenvalue weighted by Gasteiger charge is 2.01. The van der Waals surface area contributed by atoms with Gasteiger partial charge in [-0.2, -0.15) is 0 Å². The Hall–Kier alpha value is -1.32. The normalized spacial score (nSPS) is 11.1. The van der Waals surface area contributed by atoms with Gasteiger partial charge in [0.2, 0.25) is 0 Å². The van der Waals surface area contributed by atoms with Crippen molar-refractivity contribution in [2.45, 2.75) is 25.9 Å². The Morgan fingerprint density at radius 2 is 2.06 bits per heavy atom. The lowest BCUT2D eigenvalue weighted by Crippen LogP contribution is -1.99. The summed E-state index contributed by atoms with van der Waals surface area (Å²) in [6, 6.07) is 8.45. The van der Waals surface area contributed by atoms with Crippen LogP contribution in [0, 0.1) is 0 Å². The minimum atomic E-state index is 0.271. The summed E-state index contributed by atoms with van der Waals surface area (Å²) in [5.74, 6) is 0. The van der Waals surface area contributed by atoms with Crippen molar-refractivity contribution >= 4 is 10.9 Å². The number of fused-ring (bicyclic) bond motifs is 1. The van der Waals surface area contributed by atoms with Crippen LogP contribution in [-0.4, -0.2) is 16.3 Å². The van der Waals surface area contributed by atoms with Gasteiger partial charge in [-0.15, -0.1) is 0 Å². The van der Waals surface area contributed by atoms with Crippen LogP contribution < -0.4 is 5.73 Å². The van der Waals surface area contributed by atoms with Crippen molar-refractivity contribution < 1.29 is 5.11 Å². The Bertz CT molecular complexity index is 462. The number of unbranched alkanes of at least 4 members (excludes halogenated alkanes) is 1. The number of aliphatic hydroxyl groups excluding tert-OH is 1. The third kappa shape index (κ3) is 2.26. The summed E-state index contributed by atoms with van der Waals surface area (Å²) >= 11 is 0. The second kappa shape index (κ2) is 5.14. The molecule has 1 aromatic heterocycles. The van der Waals surface area contributed by atoms with Crippen LogP contribution in [-0.2, 0) is 13.1 Å². The maximum atomic E-state index is 8.76. The molecule has 3 heteroatoms. The van der Waals surface area contributed by atoms with Gasteiger partial charge in [-0.1, -0.05) is 12.1 Å². The van der Waals surface area contributed by atoms with E-state index < -0.39 is 0 Å². The number of aryl methyl sites for hydroxylation is 1. The molecule has 0 aliphatic carbocycles. The van der Waals surface area contributed by atoms with Crippen LogP contribution in [0.25, 0.3) is 10.9 Å². The van der Waals surface area contributed by atoms with Crippen LogP contribution in [0.4, 0.5) is 0 Å². The third-order valence-electron chi connectivity index (χ3n) is 2.88. The van der Waals surface area contributed by atoms with E-state index in [2.05, 4.69) is 35.0 Å². The quantitative estimate of drug-likeness (QED) is 0.753. The molecule has 3 nitrogen and oxygen atoms in total. The Labute approximate surface area is 95.5 Å².